The Morgan fingerprint density at radius 2 is 1.43 bits per heavy atom. The first-order valence-corrected chi connectivity index (χ1v) is 18.0. The normalized spacial score (nSPS) is 28.4. The minimum Gasteiger partial charge on any atom is -0.459 e. The van der Waals surface area contributed by atoms with Crippen molar-refractivity contribution in [3.63, 3.8) is 0 Å². The summed E-state index contributed by atoms with van der Waals surface area (Å²) in [7, 11) is -5.08. The highest BCUT2D eigenvalue weighted by Crippen LogP contribution is 2.64. The fraction of sp³-hybridized carbons (Fsp3) is 0.765. The summed E-state index contributed by atoms with van der Waals surface area (Å²) < 4.78 is 121. The quantitative estimate of drug-likeness (QED) is 0.141. The first kappa shape index (κ1) is 41.0. The molecule has 0 heterocycles. The van der Waals surface area contributed by atoms with Crippen LogP contribution in [0.3, 0.4) is 0 Å². The maximum absolute atomic E-state index is 13.7. The van der Waals surface area contributed by atoms with E-state index in [4.69, 9.17) is 14.0 Å². The van der Waals surface area contributed by atoms with Gasteiger partial charge >= 0.3 is 24.3 Å². The first-order valence-electron chi connectivity index (χ1n) is 16.4. The molecule has 5 atom stereocenters. The number of rotatable bonds is 10. The number of hydrogen-bond acceptors (Lipinski definition) is 7. The van der Waals surface area contributed by atoms with Crippen LogP contribution in [0.2, 0.25) is 0 Å². The molecule has 0 saturated heterocycles. The molecule has 0 amide bonds. The summed E-state index contributed by atoms with van der Waals surface area (Å²) in [6.45, 7) is 10.6. The number of benzene rings is 1. The second kappa shape index (κ2) is 13.6. The highest BCUT2D eigenvalue weighted by atomic mass is 32.2. The zero-order valence-electron chi connectivity index (χ0n) is 28.9. The van der Waals surface area contributed by atoms with Gasteiger partial charge in [-0.3, -0.25) is 14.1 Å². The van der Waals surface area contributed by atoms with Crippen LogP contribution in [0.5, 0.6) is 0 Å². The summed E-state index contributed by atoms with van der Waals surface area (Å²) in [5.41, 5.74) is -8.29. The molecular formula is C34H48F6O8S. The predicted octanol–water partition coefficient (Wildman–Crippen LogP) is 8.03. The molecule has 0 radical (unpaired) electrons. The van der Waals surface area contributed by atoms with Gasteiger partial charge in [0.1, 0.15) is 11.4 Å². The lowest BCUT2D eigenvalue weighted by atomic mass is 9.48. The van der Waals surface area contributed by atoms with E-state index >= 15 is 0 Å². The Hall–Kier alpha value is -2.39. The standard InChI is InChI=1S/C21H31F3O7S.C13H17F3O/c1-5-17(2,3)15(25)31-20-9-13-6-14(10-20)8-19(7-13,11-20)16(26)30-18(4,21(22,23)24)12-32(27,28)29;1-4-9(2)10-5-7-11(8-6-10)12(3,17)13(14,15)16/h13-14H,5-12H2,1-4H3,(H,27,28,29);5-9,17H,4H2,1-3H3. The fourth-order valence-corrected chi connectivity index (χ4v) is 8.30. The summed E-state index contributed by atoms with van der Waals surface area (Å²) in [5.74, 6) is -3.04. The second-order valence-corrected chi connectivity index (χ2v) is 16.8. The third kappa shape index (κ3) is 8.92. The zero-order valence-corrected chi connectivity index (χ0v) is 29.7. The Morgan fingerprint density at radius 1 is 0.918 bits per heavy atom. The maximum atomic E-state index is 13.7. The SMILES string of the molecule is CCC(C)(C)C(=O)OC12CC3CC(C1)CC(C(=O)OC(C)(CS(=O)(=O)O)C(F)(F)F)(C3)C2.CCC(C)c1ccc(C(C)(O)C(F)(F)F)cc1. The minimum atomic E-state index is -5.21. The molecular weight excluding hydrogens is 682 g/mol. The van der Waals surface area contributed by atoms with Crippen LogP contribution in [0.25, 0.3) is 0 Å². The molecule has 4 fully saturated rings. The molecule has 280 valence electrons. The molecule has 5 unspecified atom stereocenters. The van der Waals surface area contributed by atoms with Crippen molar-refractivity contribution in [2.75, 3.05) is 5.75 Å². The maximum Gasteiger partial charge on any atom is 0.429 e. The van der Waals surface area contributed by atoms with Gasteiger partial charge in [0.25, 0.3) is 10.1 Å². The van der Waals surface area contributed by atoms with E-state index in [0.29, 0.717) is 44.9 Å². The molecule has 5 rings (SSSR count). The van der Waals surface area contributed by atoms with Crippen LogP contribution < -0.4 is 0 Å². The van der Waals surface area contributed by atoms with E-state index in [-0.39, 0.29) is 23.8 Å². The van der Waals surface area contributed by atoms with Crippen molar-refractivity contribution in [3.05, 3.63) is 35.4 Å². The van der Waals surface area contributed by atoms with Gasteiger partial charge in [-0.1, -0.05) is 45.0 Å². The summed E-state index contributed by atoms with van der Waals surface area (Å²) in [5, 5.41) is 9.48. The monoisotopic (exact) mass is 730 g/mol. The number of alkyl halides is 6. The van der Waals surface area contributed by atoms with Crippen LogP contribution in [0.15, 0.2) is 24.3 Å². The van der Waals surface area contributed by atoms with E-state index in [1.807, 2.05) is 20.8 Å². The van der Waals surface area contributed by atoms with E-state index in [0.717, 1.165) is 25.3 Å². The van der Waals surface area contributed by atoms with Gasteiger partial charge in [-0.15, -0.1) is 0 Å². The Bertz CT molecular complexity index is 1450. The molecule has 4 saturated carbocycles. The van der Waals surface area contributed by atoms with Crippen LogP contribution in [0.4, 0.5) is 26.3 Å². The predicted molar refractivity (Wildman–Crippen MR) is 168 cm³/mol. The minimum absolute atomic E-state index is 0.0000519. The molecule has 8 nitrogen and oxygen atoms in total. The molecule has 4 aliphatic rings. The van der Waals surface area contributed by atoms with Gasteiger partial charge < -0.3 is 14.6 Å². The largest absolute Gasteiger partial charge is 0.459 e. The molecule has 0 aliphatic heterocycles. The van der Waals surface area contributed by atoms with Gasteiger partial charge in [-0.25, -0.2) is 0 Å². The average Bonchev–Trinajstić information content (AvgIpc) is 2.94. The number of carbonyl (C=O) groups is 2. The number of ether oxygens (including phenoxy) is 2. The van der Waals surface area contributed by atoms with E-state index < -0.39 is 67.8 Å². The molecule has 1 aromatic carbocycles. The fourth-order valence-electron chi connectivity index (χ4n) is 7.38. The van der Waals surface area contributed by atoms with Crippen molar-refractivity contribution in [1.82, 2.24) is 0 Å². The summed E-state index contributed by atoms with van der Waals surface area (Å²) in [6.07, 6.45) is -5.85. The molecule has 4 bridgehead atoms. The zero-order chi connectivity index (χ0) is 37.6. The smallest absolute Gasteiger partial charge is 0.429 e. The van der Waals surface area contributed by atoms with Gasteiger partial charge in [0.2, 0.25) is 5.60 Å². The Labute approximate surface area is 284 Å². The molecule has 2 N–H and O–H groups in total. The van der Waals surface area contributed by atoms with E-state index in [1.54, 1.807) is 26.0 Å². The highest BCUT2D eigenvalue weighted by Gasteiger charge is 2.66. The van der Waals surface area contributed by atoms with Crippen LogP contribution >= 0.6 is 0 Å². The van der Waals surface area contributed by atoms with Gasteiger partial charge in [0.05, 0.1) is 10.8 Å². The molecule has 15 heteroatoms. The Balaban J connectivity index is 0.000000323. The van der Waals surface area contributed by atoms with Crippen molar-refractivity contribution in [1.29, 1.82) is 0 Å². The van der Waals surface area contributed by atoms with Gasteiger partial charge in [0, 0.05) is 6.42 Å². The molecule has 1 aromatic rings. The van der Waals surface area contributed by atoms with Gasteiger partial charge in [-0.05, 0) is 102 Å². The summed E-state index contributed by atoms with van der Waals surface area (Å²) >= 11 is 0. The van der Waals surface area contributed by atoms with E-state index in [2.05, 4.69) is 0 Å². The van der Waals surface area contributed by atoms with Crippen molar-refractivity contribution in [3.8, 4) is 0 Å². The van der Waals surface area contributed by atoms with E-state index in [9.17, 15) is 49.5 Å². The molecule has 0 spiro atoms. The van der Waals surface area contributed by atoms with Gasteiger partial charge in [-0.2, -0.15) is 34.8 Å². The van der Waals surface area contributed by atoms with Crippen molar-refractivity contribution >= 4 is 22.1 Å². The third-order valence-electron chi connectivity index (χ3n) is 10.8. The van der Waals surface area contributed by atoms with Crippen LogP contribution in [0.1, 0.15) is 117 Å². The van der Waals surface area contributed by atoms with Crippen molar-refractivity contribution < 1.29 is 63.5 Å². The third-order valence-corrected chi connectivity index (χ3v) is 11.7. The lowest BCUT2D eigenvalue weighted by Crippen LogP contribution is -2.62. The topological polar surface area (TPSA) is 127 Å². The number of halogens is 6. The Kier molecular flexibility index (Phi) is 11.4. The average molecular weight is 731 g/mol. The molecule has 4 aliphatic carbocycles. The summed E-state index contributed by atoms with van der Waals surface area (Å²) in [6, 6.07) is 5.97. The number of esters is 2. The number of carbonyl (C=O) groups excluding carboxylic acids is 2. The van der Waals surface area contributed by atoms with Crippen LogP contribution in [-0.2, 0) is 34.8 Å². The van der Waals surface area contributed by atoms with E-state index in [1.165, 1.54) is 12.1 Å². The van der Waals surface area contributed by atoms with Gasteiger partial charge in [0.15, 0.2) is 5.60 Å². The number of aliphatic hydroxyl groups is 1. The Morgan fingerprint density at radius 3 is 1.84 bits per heavy atom. The highest BCUT2D eigenvalue weighted by molar-refractivity contribution is 7.85. The van der Waals surface area contributed by atoms with Crippen molar-refractivity contribution in [2.24, 2.45) is 22.7 Å². The number of hydrogen-bond donors (Lipinski definition) is 2. The molecule has 49 heavy (non-hydrogen) atoms. The second-order valence-electron chi connectivity index (χ2n) is 15.4. The van der Waals surface area contributed by atoms with Crippen LogP contribution in [-0.4, -0.2) is 59.3 Å². The lowest BCUT2D eigenvalue weighted by Gasteiger charge is -2.60. The lowest BCUT2D eigenvalue weighted by molar-refractivity contribution is -0.268. The molecule has 0 aromatic heterocycles. The van der Waals surface area contributed by atoms with Crippen LogP contribution in [0, 0.1) is 22.7 Å². The van der Waals surface area contributed by atoms with Crippen molar-refractivity contribution in [2.45, 2.75) is 135 Å². The first-order chi connectivity index (χ1) is 22.0. The summed E-state index contributed by atoms with van der Waals surface area (Å²) in [4.78, 5) is 26.0.